The predicted octanol–water partition coefficient (Wildman–Crippen LogP) is 3.30. The van der Waals surface area contributed by atoms with Crippen molar-refractivity contribution in [1.82, 2.24) is 9.47 Å². The van der Waals surface area contributed by atoms with E-state index >= 15 is 0 Å². The van der Waals surface area contributed by atoms with Crippen molar-refractivity contribution in [1.29, 1.82) is 0 Å². The fourth-order valence-electron chi connectivity index (χ4n) is 4.06. The van der Waals surface area contributed by atoms with Crippen molar-refractivity contribution < 1.29 is 9.53 Å². The number of methoxy groups -OCH3 is 1. The maximum atomic E-state index is 13.2. The molecule has 0 atom stereocenters. The van der Waals surface area contributed by atoms with Gasteiger partial charge in [-0.15, -0.1) is 0 Å². The van der Waals surface area contributed by atoms with Crippen LogP contribution in [0.5, 0.6) is 5.75 Å². The van der Waals surface area contributed by atoms with E-state index in [1.165, 1.54) is 0 Å². The average molecular weight is 405 g/mol. The molecule has 1 aromatic heterocycles. The number of rotatable bonds is 4. The van der Waals surface area contributed by atoms with Crippen molar-refractivity contribution in [3.63, 3.8) is 0 Å². The summed E-state index contributed by atoms with van der Waals surface area (Å²) in [4.78, 5) is 30.4. The highest BCUT2D eigenvalue weighted by Crippen LogP contribution is 2.21. The van der Waals surface area contributed by atoms with Gasteiger partial charge in [-0.2, -0.15) is 0 Å². The third kappa shape index (κ3) is 3.65. The normalized spacial score (nSPS) is 14.2. The molecule has 1 aliphatic rings. The molecular formula is C24H27N3O3. The summed E-state index contributed by atoms with van der Waals surface area (Å²) in [5.41, 5.74) is 3.07. The van der Waals surface area contributed by atoms with Gasteiger partial charge in [0, 0.05) is 50.0 Å². The van der Waals surface area contributed by atoms with E-state index in [4.69, 9.17) is 4.74 Å². The molecule has 2 heterocycles. The standard InChI is InChI=1S/C24H27N3O3/c1-4-25-16-21(23(28)20-15-17(2)5-10-22(20)25)24(29)27-13-11-26(12-14-27)18-6-8-19(30-3)9-7-18/h5-10,15-16H,4,11-14H2,1-3H3. The number of piperazine rings is 1. The van der Waals surface area contributed by atoms with Crippen LogP contribution in [0.2, 0.25) is 0 Å². The Bertz CT molecular complexity index is 1130. The average Bonchev–Trinajstić information content (AvgIpc) is 2.79. The van der Waals surface area contributed by atoms with Crippen LogP contribution < -0.4 is 15.1 Å². The first-order valence-electron chi connectivity index (χ1n) is 10.3. The van der Waals surface area contributed by atoms with Crippen LogP contribution in [-0.4, -0.2) is 48.7 Å². The highest BCUT2D eigenvalue weighted by atomic mass is 16.5. The van der Waals surface area contributed by atoms with Crippen LogP contribution in [-0.2, 0) is 6.54 Å². The first-order valence-corrected chi connectivity index (χ1v) is 10.3. The molecule has 0 radical (unpaired) electrons. The summed E-state index contributed by atoms with van der Waals surface area (Å²) in [6.07, 6.45) is 1.72. The zero-order valence-corrected chi connectivity index (χ0v) is 17.7. The Kier molecular flexibility index (Phi) is 5.48. The zero-order valence-electron chi connectivity index (χ0n) is 17.7. The summed E-state index contributed by atoms with van der Waals surface area (Å²) in [5.74, 6) is 0.645. The number of anilines is 1. The van der Waals surface area contributed by atoms with Gasteiger partial charge < -0.3 is 19.1 Å². The Morgan fingerprint density at radius 3 is 2.37 bits per heavy atom. The molecule has 0 N–H and O–H groups in total. The van der Waals surface area contributed by atoms with Crippen LogP contribution in [0.25, 0.3) is 10.9 Å². The fraction of sp³-hybridized carbons (Fsp3) is 0.333. The highest BCUT2D eigenvalue weighted by Gasteiger charge is 2.25. The number of hydrogen-bond acceptors (Lipinski definition) is 4. The third-order valence-electron chi connectivity index (χ3n) is 5.81. The van der Waals surface area contributed by atoms with E-state index < -0.39 is 0 Å². The van der Waals surface area contributed by atoms with Crippen LogP contribution in [0.15, 0.2) is 53.5 Å². The summed E-state index contributed by atoms with van der Waals surface area (Å²) < 4.78 is 7.20. The summed E-state index contributed by atoms with van der Waals surface area (Å²) in [6, 6.07) is 13.8. The summed E-state index contributed by atoms with van der Waals surface area (Å²) >= 11 is 0. The van der Waals surface area contributed by atoms with Gasteiger partial charge in [-0.05, 0) is 50.2 Å². The van der Waals surface area contributed by atoms with Gasteiger partial charge in [-0.25, -0.2) is 0 Å². The van der Waals surface area contributed by atoms with Gasteiger partial charge in [0.25, 0.3) is 5.91 Å². The lowest BCUT2D eigenvalue weighted by atomic mass is 10.1. The predicted molar refractivity (Wildman–Crippen MR) is 120 cm³/mol. The Labute approximate surface area is 176 Å². The SMILES string of the molecule is CCn1cc(C(=O)N2CCN(c3ccc(OC)cc3)CC2)c(=O)c2cc(C)ccc21. The Morgan fingerprint density at radius 2 is 1.73 bits per heavy atom. The van der Waals surface area contributed by atoms with Crippen molar-refractivity contribution in [2.75, 3.05) is 38.2 Å². The van der Waals surface area contributed by atoms with Crippen LogP contribution >= 0.6 is 0 Å². The van der Waals surface area contributed by atoms with Gasteiger partial charge in [0.05, 0.1) is 12.6 Å². The number of fused-ring (bicyclic) bond motifs is 1. The quantitative estimate of drug-likeness (QED) is 0.668. The Hall–Kier alpha value is -3.28. The molecule has 2 aromatic carbocycles. The lowest BCUT2D eigenvalue weighted by molar-refractivity contribution is 0.0745. The summed E-state index contributed by atoms with van der Waals surface area (Å²) in [5, 5.41) is 0.611. The van der Waals surface area contributed by atoms with Gasteiger partial charge in [0.1, 0.15) is 11.3 Å². The lowest BCUT2D eigenvalue weighted by Crippen LogP contribution is -2.49. The van der Waals surface area contributed by atoms with Crippen LogP contribution in [0.4, 0.5) is 5.69 Å². The minimum absolute atomic E-state index is 0.180. The number of hydrogen-bond donors (Lipinski definition) is 0. The molecular weight excluding hydrogens is 378 g/mol. The molecule has 0 saturated carbocycles. The van der Waals surface area contributed by atoms with Gasteiger partial charge in [-0.1, -0.05) is 11.6 Å². The van der Waals surface area contributed by atoms with Gasteiger partial charge in [0.2, 0.25) is 5.43 Å². The number of pyridine rings is 1. The van der Waals surface area contributed by atoms with E-state index in [2.05, 4.69) is 4.90 Å². The third-order valence-corrected chi connectivity index (χ3v) is 5.81. The second-order valence-electron chi connectivity index (χ2n) is 7.66. The van der Waals surface area contributed by atoms with Crippen molar-refractivity contribution in [3.8, 4) is 5.75 Å². The maximum absolute atomic E-state index is 13.2. The zero-order chi connectivity index (χ0) is 21.3. The highest BCUT2D eigenvalue weighted by molar-refractivity contribution is 5.97. The molecule has 0 unspecified atom stereocenters. The number of aryl methyl sites for hydroxylation is 2. The summed E-state index contributed by atoms with van der Waals surface area (Å²) in [6.45, 7) is 7.31. The molecule has 3 aromatic rings. The van der Waals surface area contributed by atoms with Crippen LogP contribution in [0, 0.1) is 6.92 Å². The molecule has 4 rings (SSSR count). The van der Waals surface area contributed by atoms with Gasteiger partial charge in [-0.3, -0.25) is 9.59 Å². The van der Waals surface area contributed by atoms with Crippen molar-refractivity contribution in [2.45, 2.75) is 20.4 Å². The lowest BCUT2D eigenvalue weighted by Gasteiger charge is -2.36. The topological polar surface area (TPSA) is 54.8 Å². The van der Waals surface area contributed by atoms with Gasteiger partial charge in [0.15, 0.2) is 0 Å². The number of ether oxygens (including phenoxy) is 1. The second kappa shape index (κ2) is 8.22. The second-order valence-corrected chi connectivity index (χ2v) is 7.66. The molecule has 1 saturated heterocycles. The number of benzene rings is 2. The van der Waals surface area contributed by atoms with E-state index in [9.17, 15) is 9.59 Å². The van der Waals surface area contributed by atoms with E-state index in [-0.39, 0.29) is 16.9 Å². The fourth-order valence-corrected chi connectivity index (χ4v) is 4.06. The van der Waals surface area contributed by atoms with Crippen molar-refractivity contribution in [3.05, 3.63) is 70.0 Å². The molecule has 1 aliphatic heterocycles. The Balaban J connectivity index is 1.56. The van der Waals surface area contributed by atoms with E-state index in [1.807, 2.05) is 60.9 Å². The number of amides is 1. The van der Waals surface area contributed by atoms with E-state index in [0.29, 0.717) is 25.0 Å². The van der Waals surface area contributed by atoms with Crippen LogP contribution in [0.1, 0.15) is 22.8 Å². The molecule has 1 fully saturated rings. The summed E-state index contributed by atoms with van der Waals surface area (Å²) in [7, 11) is 1.65. The van der Waals surface area contributed by atoms with E-state index in [0.717, 1.165) is 35.6 Å². The molecule has 0 spiro atoms. The Morgan fingerprint density at radius 1 is 1.03 bits per heavy atom. The van der Waals surface area contributed by atoms with Crippen molar-refractivity contribution in [2.24, 2.45) is 0 Å². The minimum atomic E-state index is -0.181. The molecule has 0 bridgehead atoms. The first kappa shape index (κ1) is 20.0. The molecule has 0 aliphatic carbocycles. The largest absolute Gasteiger partial charge is 0.497 e. The molecule has 1 amide bonds. The molecule has 6 heteroatoms. The van der Waals surface area contributed by atoms with E-state index in [1.54, 1.807) is 18.2 Å². The number of nitrogens with zero attached hydrogens (tertiary/aromatic N) is 3. The maximum Gasteiger partial charge on any atom is 0.259 e. The first-order chi connectivity index (χ1) is 14.5. The number of carbonyl (C=O) groups excluding carboxylic acids is 1. The van der Waals surface area contributed by atoms with Crippen LogP contribution in [0.3, 0.4) is 0 Å². The smallest absolute Gasteiger partial charge is 0.259 e. The number of aromatic nitrogens is 1. The molecule has 30 heavy (non-hydrogen) atoms. The monoisotopic (exact) mass is 405 g/mol. The molecule has 156 valence electrons. The van der Waals surface area contributed by atoms with Crippen molar-refractivity contribution >= 4 is 22.5 Å². The molecule has 6 nitrogen and oxygen atoms in total. The van der Waals surface area contributed by atoms with Gasteiger partial charge >= 0.3 is 0 Å². The number of carbonyl (C=O) groups is 1. The minimum Gasteiger partial charge on any atom is -0.497 e.